The lowest BCUT2D eigenvalue weighted by Crippen LogP contribution is -2.39. The second-order valence-electron chi connectivity index (χ2n) is 8.04. The minimum Gasteiger partial charge on any atom is -0.442 e. The molecule has 4 rings (SSSR count). The highest BCUT2D eigenvalue weighted by Crippen LogP contribution is 2.31. The van der Waals surface area contributed by atoms with E-state index < -0.39 is 0 Å². The van der Waals surface area contributed by atoms with Gasteiger partial charge in [-0.25, -0.2) is 9.97 Å². The number of carbonyl (C=O) groups excluding carboxylic acids is 1. The number of rotatable bonds is 6. The monoisotopic (exact) mass is 401 g/mol. The fraction of sp³-hybridized carbons (Fsp3) is 0.667. The maximum absolute atomic E-state index is 13.0. The molecule has 158 valence electrons. The summed E-state index contributed by atoms with van der Waals surface area (Å²) in [5.74, 6) is 1.20. The van der Waals surface area contributed by atoms with Gasteiger partial charge in [0.25, 0.3) is 5.91 Å². The van der Waals surface area contributed by atoms with Crippen molar-refractivity contribution in [3.63, 3.8) is 0 Å². The van der Waals surface area contributed by atoms with Crippen LogP contribution in [0.1, 0.15) is 48.2 Å². The molecule has 1 aliphatic heterocycles. The standard InChI is InChI=1S/C21H31N5O3/c1-15-17(20(27)22-8-9-25(2)16-6-4-3-5-7-16)18-19(23-14-24-21(18)29-15)26-10-12-28-13-11-26/h14,16H,3-13H2,1-2H3,(H,22,27). The van der Waals surface area contributed by atoms with Gasteiger partial charge in [0.15, 0.2) is 0 Å². The average Bonchev–Trinajstić information content (AvgIpc) is 3.10. The lowest BCUT2D eigenvalue weighted by Gasteiger charge is -2.31. The van der Waals surface area contributed by atoms with E-state index in [9.17, 15) is 4.79 Å². The Kier molecular flexibility index (Phi) is 6.30. The first-order chi connectivity index (χ1) is 14.1. The molecular formula is C21H31N5O3. The topological polar surface area (TPSA) is 83.7 Å². The fourth-order valence-electron chi connectivity index (χ4n) is 4.46. The Balaban J connectivity index is 1.47. The van der Waals surface area contributed by atoms with E-state index >= 15 is 0 Å². The number of carbonyl (C=O) groups is 1. The number of aromatic nitrogens is 2. The summed E-state index contributed by atoms with van der Waals surface area (Å²) >= 11 is 0. The number of aryl methyl sites for hydroxylation is 1. The fourth-order valence-corrected chi connectivity index (χ4v) is 4.46. The quantitative estimate of drug-likeness (QED) is 0.795. The van der Waals surface area contributed by atoms with Crippen LogP contribution in [0.15, 0.2) is 10.7 Å². The van der Waals surface area contributed by atoms with Gasteiger partial charge in [0.05, 0.1) is 24.2 Å². The van der Waals surface area contributed by atoms with E-state index in [0.717, 1.165) is 25.5 Å². The number of morpholine rings is 1. The Bertz CT molecular complexity index is 840. The second kappa shape index (κ2) is 9.09. The summed E-state index contributed by atoms with van der Waals surface area (Å²) in [6, 6.07) is 0.637. The second-order valence-corrected chi connectivity index (χ2v) is 8.04. The highest BCUT2D eigenvalue weighted by molar-refractivity contribution is 6.10. The van der Waals surface area contributed by atoms with Crippen molar-refractivity contribution in [1.29, 1.82) is 0 Å². The van der Waals surface area contributed by atoms with Crippen molar-refractivity contribution in [3.05, 3.63) is 17.7 Å². The predicted octanol–water partition coefficient (Wildman–Crippen LogP) is 2.36. The third-order valence-corrected chi connectivity index (χ3v) is 6.13. The number of furan rings is 1. The Morgan fingerprint density at radius 3 is 2.76 bits per heavy atom. The van der Waals surface area contributed by atoms with Crippen LogP contribution in [0.4, 0.5) is 5.82 Å². The molecule has 1 saturated heterocycles. The highest BCUT2D eigenvalue weighted by Gasteiger charge is 2.26. The molecule has 1 N–H and O–H groups in total. The van der Waals surface area contributed by atoms with Gasteiger partial charge in [-0.05, 0) is 26.8 Å². The summed E-state index contributed by atoms with van der Waals surface area (Å²) in [4.78, 5) is 26.3. The first-order valence-corrected chi connectivity index (χ1v) is 10.7. The van der Waals surface area contributed by atoms with Gasteiger partial charge in [0.1, 0.15) is 17.9 Å². The van der Waals surface area contributed by atoms with E-state index in [0.29, 0.717) is 48.2 Å². The molecule has 0 bridgehead atoms. The normalized spacial score (nSPS) is 18.5. The number of nitrogens with one attached hydrogen (secondary N) is 1. The predicted molar refractivity (Wildman–Crippen MR) is 111 cm³/mol. The van der Waals surface area contributed by atoms with Crippen LogP contribution in [0, 0.1) is 6.92 Å². The molecule has 2 aromatic rings. The van der Waals surface area contributed by atoms with E-state index in [1.54, 1.807) is 0 Å². The first-order valence-electron chi connectivity index (χ1n) is 10.7. The zero-order valence-electron chi connectivity index (χ0n) is 17.4. The van der Waals surface area contributed by atoms with Crippen molar-refractivity contribution in [2.75, 3.05) is 51.3 Å². The van der Waals surface area contributed by atoms with Crippen LogP contribution in [0.2, 0.25) is 0 Å². The number of hydrogen-bond acceptors (Lipinski definition) is 7. The third-order valence-electron chi connectivity index (χ3n) is 6.13. The van der Waals surface area contributed by atoms with Gasteiger partial charge in [-0.1, -0.05) is 19.3 Å². The number of fused-ring (bicyclic) bond motifs is 1. The number of nitrogens with zero attached hydrogens (tertiary/aromatic N) is 4. The summed E-state index contributed by atoms with van der Waals surface area (Å²) in [7, 11) is 2.16. The van der Waals surface area contributed by atoms with E-state index in [1.807, 2.05) is 6.92 Å². The van der Waals surface area contributed by atoms with Crippen LogP contribution in [-0.4, -0.2) is 73.3 Å². The maximum Gasteiger partial charge on any atom is 0.255 e. The molecule has 3 heterocycles. The molecule has 2 fully saturated rings. The van der Waals surface area contributed by atoms with Gasteiger partial charge in [-0.3, -0.25) is 4.79 Å². The molecule has 0 radical (unpaired) electrons. The van der Waals surface area contributed by atoms with Crippen molar-refractivity contribution < 1.29 is 13.9 Å². The SMILES string of the molecule is Cc1oc2ncnc(N3CCOCC3)c2c1C(=O)NCCN(C)C1CCCCC1. The first kappa shape index (κ1) is 20.1. The lowest BCUT2D eigenvalue weighted by molar-refractivity contribution is 0.0944. The molecule has 1 saturated carbocycles. The average molecular weight is 402 g/mol. The van der Waals surface area contributed by atoms with Crippen molar-refractivity contribution in [1.82, 2.24) is 20.2 Å². The van der Waals surface area contributed by atoms with Crippen LogP contribution >= 0.6 is 0 Å². The van der Waals surface area contributed by atoms with Gasteiger partial charge < -0.3 is 24.3 Å². The zero-order chi connectivity index (χ0) is 20.2. The minimum absolute atomic E-state index is 0.123. The molecule has 29 heavy (non-hydrogen) atoms. The third kappa shape index (κ3) is 4.38. The number of amides is 1. The Hall–Kier alpha value is -2.19. The van der Waals surface area contributed by atoms with Gasteiger partial charge in [0.2, 0.25) is 5.71 Å². The molecule has 1 aliphatic carbocycles. The molecule has 0 atom stereocenters. The number of likely N-dealkylation sites (N-methyl/N-ethyl adjacent to an activating group) is 1. The minimum atomic E-state index is -0.123. The van der Waals surface area contributed by atoms with E-state index in [1.165, 1.54) is 38.4 Å². The molecule has 2 aromatic heterocycles. The molecule has 1 amide bonds. The van der Waals surface area contributed by atoms with Gasteiger partial charge >= 0.3 is 0 Å². The molecule has 8 heteroatoms. The van der Waals surface area contributed by atoms with Gasteiger partial charge in [-0.15, -0.1) is 0 Å². The van der Waals surface area contributed by atoms with Crippen LogP contribution in [0.3, 0.4) is 0 Å². The summed E-state index contributed by atoms with van der Waals surface area (Å²) in [5, 5.41) is 3.78. The Morgan fingerprint density at radius 2 is 2.00 bits per heavy atom. The summed E-state index contributed by atoms with van der Waals surface area (Å²) < 4.78 is 11.2. The van der Waals surface area contributed by atoms with Crippen molar-refractivity contribution in [2.24, 2.45) is 0 Å². The largest absolute Gasteiger partial charge is 0.442 e. The Labute approximate surface area is 171 Å². The maximum atomic E-state index is 13.0. The zero-order valence-corrected chi connectivity index (χ0v) is 17.4. The van der Waals surface area contributed by atoms with Gasteiger partial charge in [0, 0.05) is 32.2 Å². The smallest absolute Gasteiger partial charge is 0.255 e. The number of hydrogen-bond donors (Lipinski definition) is 1. The van der Waals surface area contributed by atoms with Gasteiger partial charge in [-0.2, -0.15) is 0 Å². The molecule has 0 spiro atoms. The van der Waals surface area contributed by atoms with Crippen LogP contribution in [0.5, 0.6) is 0 Å². The Morgan fingerprint density at radius 1 is 1.24 bits per heavy atom. The number of ether oxygens (including phenoxy) is 1. The number of anilines is 1. The molecular weight excluding hydrogens is 370 g/mol. The molecule has 0 unspecified atom stereocenters. The summed E-state index contributed by atoms with van der Waals surface area (Å²) in [6.45, 7) is 6.05. The van der Waals surface area contributed by atoms with Crippen molar-refractivity contribution >= 4 is 22.8 Å². The van der Waals surface area contributed by atoms with E-state index in [-0.39, 0.29) is 5.91 Å². The van der Waals surface area contributed by atoms with E-state index in [2.05, 4.69) is 32.1 Å². The molecule has 8 nitrogen and oxygen atoms in total. The summed E-state index contributed by atoms with van der Waals surface area (Å²) in [6.07, 6.45) is 7.99. The molecule has 0 aromatic carbocycles. The molecule has 2 aliphatic rings. The van der Waals surface area contributed by atoms with Crippen LogP contribution in [0.25, 0.3) is 11.1 Å². The van der Waals surface area contributed by atoms with E-state index in [4.69, 9.17) is 9.15 Å². The van der Waals surface area contributed by atoms with Crippen molar-refractivity contribution in [3.8, 4) is 0 Å². The lowest BCUT2D eigenvalue weighted by atomic mass is 9.94. The van der Waals surface area contributed by atoms with Crippen molar-refractivity contribution in [2.45, 2.75) is 45.1 Å². The van der Waals surface area contributed by atoms with Crippen LogP contribution < -0.4 is 10.2 Å². The van der Waals surface area contributed by atoms with Crippen LogP contribution in [-0.2, 0) is 4.74 Å². The highest BCUT2D eigenvalue weighted by atomic mass is 16.5. The summed E-state index contributed by atoms with van der Waals surface area (Å²) in [5.41, 5.74) is 1.01.